The summed E-state index contributed by atoms with van der Waals surface area (Å²) in [7, 11) is 0. The van der Waals surface area contributed by atoms with E-state index in [2.05, 4.69) is 32.3 Å². The van der Waals surface area contributed by atoms with Gasteiger partial charge in [0.25, 0.3) is 0 Å². The Kier molecular flexibility index (Phi) is 6.62. The lowest BCUT2D eigenvalue weighted by Crippen LogP contribution is -2.62. The van der Waals surface area contributed by atoms with Gasteiger partial charge in [0, 0.05) is 54.7 Å². The predicted octanol–water partition coefficient (Wildman–Crippen LogP) is 6.48. The summed E-state index contributed by atoms with van der Waals surface area (Å²) >= 11 is 0. The number of halogens is 1. The number of benzene rings is 1. The van der Waals surface area contributed by atoms with E-state index in [1.807, 2.05) is 51.7 Å². The second kappa shape index (κ2) is 9.62. The second-order valence-corrected chi connectivity index (χ2v) is 12.0. The third-order valence-electron chi connectivity index (χ3n) is 7.77. The van der Waals surface area contributed by atoms with Crippen LogP contribution in [0.25, 0.3) is 5.83 Å². The average Bonchev–Trinajstić information content (AvgIpc) is 3.67. The molecule has 1 N–H and O–H groups in total. The molecular formula is C29H38FN5O2. The molecule has 2 aliphatic heterocycles. The summed E-state index contributed by atoms with van der Waals surface area (Å²) in [6, 6.07) is 8.27. The molecule has 1 aromatic carbocycles. The van der Waals surface area contributed by atoms with E-state index in [4.69, 9.17) is 4.74 Å². The van der Waals surface area contributed by atoms with E-state index in [0.29, 0.717) is 23.1 Å². The van der Waals surface area contributed by atoms with E-state index in [-0.39, 0.29) is 17.3 Å². The summed E-state index contributed by atoms with van der Waals surface area (Å²) in [5.74, 6) is 0.658. The highest BCUT2D eigenvalue weighted by Crippen LogP contribution is 2.42. The van der Waals surface area contributed by atoms with Crippen LogP contribution in [0.5, 0.6) is 0 Å². The van der Waals surface area contributed by atoms with Gasteiger partial charge in [-0.05, 0) is 96.1 Å². The molecule has 1 saturated carbocycles. The number of piperidine rings is 1. The minimum absolute atomic E-state index is 0.182. The van der Waals surface area contributed by atoms with Crippen LogP contribution in [0.4, 0.5) is 26.5 Å². The van der Waals surface area contributed by atoms with Gasteiger partial charge < -0.3 is 19.9 Å². The molecule has 198 valence electrons. The van der Waals surface area contributed by atoms with Gasteiger partial charge in [0.1, 0.15) is 11.4 Å². The minimum atomic E-state index is -0.456. The number of rotatable bonds is 5. The minimum Gasteiger partial charge on any atom is -0.444 e. The van der Waals surface area contributed by atoms with Gasteiger partial charge in [-0.15, -0.1) is 0 Å². The fraction of sp³-hybridized carbons (Fsp3) is 0.552. The molecule has 1 aromatic heterocycles. The third kappa shape index (κ3) is 5.73. The van der Waals surface area contributed by atoms with Gasteiger partial charge in [-0.3, -0.25) is 0 Å². The maximum atomic E-state index is 14.8. The largest absolute Gasteiger partial charge is 0.444 e. The molecule has 7 nitrogen and oxygen atoms in total. The standard InChI is InChI=1S/C29H38FN5O2/c1-19(21-6-7-21)25(30)24-16-31-26(32-20(24)2)33-22-8-10-23(11-9-22)34-14-12-29(13-15-34)17-35(18-29)27(36)37-28(3,4)5/h8-11,16,21H,6-7,12-15,17-18H2,1-5H3,(H,31,32,33)/b25-19-. The van der Waals surface area contributed by atoms with Crippen molar-refractivity contribution in [2.45, 2.75) is 65.9 Å². The van der Waals surface area contributed by atoms with E-state index in [9.17, 15) is 9.18 Å². The summed E-state index contributed by atoms with van der Waals surface area (Å²) in [6.45, 7) is 12.9. The molecule has 37 heavy (non-hydrogen) atoms. The van der Waals surface area contributed by atoms with Crippen molar-refractivity contribution in [3.63, 3.8) is 0 Å². The van der Waals surface area contributed by atoms with Crippen LogP contribution in [-0.4, -0.2) is 52.7 Å². The van der Waals surface area contributed by atoms with Gasteiger partial charge in [0.2, 0.25) is 5.95 Å². The lowest BCUT2D eigenvalue weighted by atomic mass is 9.72. The number of nitrogens with zero attached hydrogens (tertiary/aromatic N) is 4. The molecule has 0 radical (unpaired) electrons. The zero-order valence-corrected chi connectivity index (χ0v) is 22.6. The number of allylic oxidation sites excluding steroid dienone is 1. The Hall–Kier alpha value is -3.16. The summed E-state index contributed by atoms with van der Waals surface area (Å²) < 4.78 is 20.3. The highest BCUT2D eigenvalue weighted by atomic mass is 19.1. The molecule has 0 atom stereocenters. The van der Waals surface area contributed by atoms with Crippen LogP contribution in [0, 0.1) is 18.3 Å². The summed E-state index contributed by atoms with van der Waals surface area (Å²) in [5, 5.41) is 3.24. The van der Waals surface area contributed by atoms with Gasteiger partial charge in [0.05, 0.1) is 5.69 Å². The van der Waals surface area contributed by atoms with Gasteiger partial charge in [-0.1, -0.05) is 0 Å². The molecule has 8 heteroatoms. The first-order chi connectivity index (χ1) is 17.5. The summed E-state index contributed by atoms with van der Waals surface area (Å²) in [6.07, 6.45) is 5.65. The van der Waals surface area contributed by atoms with Gasteiger partial charge in [-0.2, -0.15) is 0 Å². The first kappa shape index (κ1) is 25.5. The van der Waals surface area contributed by atoms with Crippen LogP contribution in [0.2, 0.25) is 0 Å². The highest BCUT2D eigenvalue weighted by molar-refractivity contribution is 5.69. The molecule has 1 aliphatic carbocycles. The van der Waals surface area contributed by atoms with Crippen molar-refractivity contribution in [3.8, 4) is 0 Å². The monoisotopic (exact) mass is 507 g/mol. The van der Waals surface area contributed by atoms with Crippen molar-refractivity contribution in [1.82, 2.24) is 14.9 Å². The van der Waals surface area contributed by atoms with Crippen LogP contribution in [0.1, 0.15) is 64.6 Å². The molecule has 1 spiro atoms. The number of aryl methyl sites for hydroxylation is 1. The Balaban J connectivity index is 1.14. The average molecular weight is 508 g/mol. The molecule has 3 fully saturated rings. The maximum Gasteiger partial charge on any atom is 0.410 e. The van der Waals surface area contributed by atoms with Gasteiger partial charge in [-0.25, -0.2) is 19.2 Å². The Morgan fingerprint density at radius 2 is 1.78 bits per heavy atom. The quantitative estimate of drug-likeness (QED) is 0.500. The number of amides is 1. The number of carbonyl (C=O) groups excluding carboxylic acids is 1. The molecule has 3 heterocycles. The van der Waals surface area contributed by atoms with Crippen LogP contribution in [0.3, 0.4) is 0 Å². The van der Waals surface area contributed by atoms with Crippen LogP contribution >= 0.6 is 0 Å². The molecule has 0 unspecified atom stereocenters. The molecule has 0 bridgehead atoms. The predicted molar refractivity (Wildman–Crippen MR) is 145 cm³/mol. The van der Waals surface area contributed by atoms with Gasteiger partial charge >= 0.3 is 6.09 Å². The zero-order valence-electron chi connectivity index (χ0n) is 22.6. The van der Waals surface area contributed by atoms with Crippen LogP contribution < -0.4 is 10.2 Å². The first-order valence-corrected chi connectivity index (χ1v) is 13.3. The van der Waals surface area contributed by atoms with E-state index in [1.165, 1.54) is 5.69 Å². The van der Waals surface area contributed by atoms with Crippen molar-refractivity contribution >= 4 is 29.2 Å². The van der Waals surface area contributed by atoms with Crippen molar-refractivity contribution in [2.75, 3.05) is 36.4 Å². The Labute approximate surface area is 219 Å². The molecule has 1 amide bonds. The summed E-state index contributed by atoms with van der Waals surface area (Å²) in [4.78, 5) is 25.4. The summed E-state index contributed by atoms with van der Waals surface area (Å²) in [5.41, 5.74) is 3.76. The molecule has 5 rings (SSSR count). The van der Waals surface area contributed by atoms with Crippen LogP contribution in [-0.2, 0) is 4.74 Å². The normalized spacial score (nSPS) is 19.8. The first-order valence-electron chi connectivity index (χ1n) is 13.3. The number of aromatic nitrogens is 2. The topological polar surface area (TPSA) is 70.6 Å². The number of anilines is 3. The number of hydrogen-bond donors (Lipinski definition) is 1. The fourth-order valence-electron chi connectivity index (χ4n) is 5.31. The molecular weight excluding hydrogens is 469 g/mol. The molecule has 2 aromatic rings. The van der Waals surface area contributed by atoms with E-state index < -0.39 is 5.60 Å². The third-order valence-corrected chi connectivity index (χ3v) is 7.77. The molecule has 3 aliphatic rings. The van der Waals surface area contributed by atoms with E-state index in [0.717, 1.165) is 63.1 Å². The SMILES string of the molecule is C/C(=C(/F)c1cnc(Nc2ccc(N3CCC4(CC3)CN(C(=O)OC(C)(C)C)C4)cc2)nc1C)C1CC1. The maximum absolute atomic E-state index is 14.8. The van der Waals surface area contributed by atoms with E-state index >= 15 is 0 Å². The highest BCUT2D eigenvalue weighted by Gasteiger charge is 2.47. The van der Waals surface area contributed by atoms with Gasteiger partial charge in [0.15, 0.2) is 0 Å². The lowest BCUT2D eigenvalue weighted by Gasteiger charge is -2.54. The van der Waals surface area contributed by atoms with Crippen molar-refractivity contribution < 1.29 is 13.9 Å². The Bertz CT molecular complexity index is 1180. The number of carbonyl (C=O) groups is 1. The number of likely N-dealkylation sites (tertiary alicyclic amines) is 1. The van der Waals surface area contributed by atoms with Crippen LogP contribution in [0.15, 0.2) is 36.0 Å². The van der Waals surface area contributed by atoms with E-state index in [1.54, 1.807) is 6.20 Å². The zero-order chi connectivity index (χ0) is 26.4. The fourth-order valence-corrected chi connectivity index (χ4v) is 5.31. The number of ether oxygens (including phenoxy) is 1. The van der Waals surface area contributed by atoms with Crippen molar-refractivity contribution in [3.05, 3.63) is 47.3 Å². The lowest BCUT2D eigenvalue weighted by molar-refractivity contribution is -0.0434. The number of nitrogens with one attached hydrogen (secondary N) is 1. The Morgan fingerprint density at radius 1 is 1.14 bits per heavy atom. The van der Waals surface area contributed by atoms with Crippen molar-refractivity contribution in [1.29, 1.82) is 0 Å². The second-order valence-electron chi connectivity index (χ2n) is 12.0. The van der Waals surface area contributed by atoms with Crippen molar-refractivity contribution in [2.24, 2.45) is 11.3 Å². The smallest absolute Gasteiger partial charge is 0.410 e. The molecule has 2 saturated heterocycles. The number of hydrogen-bond acceptors (Lipinski definition) is 6. The Morgan fingerprint density at radius 3 is 2.35 bits per heavy atom.